The third-order valence-electron chi connectivity index (χ3n) is 4.88. The Hall–Kier alpha value is -0.120. The topological polar surface area (TPSA) is 30.5 Å². The third-order valence-corrected chi connectivity index (χ3v) is 4.88. The van der Waals surface area contributed by atoms with Gasteiger partial charge in [0.2, 0.25) is 0 Å². The van der Waals surface area contributed by atoms with Gasteiger partial charge in [0.1, 0.15) is 0 Å². The van der Waals surface area contributed by atoms with E-state index in [-0.39, 0.29) is 5.60 Å². The summed E-state index contributed by atoms with van der Waals surface area (Å²) in [6, 6.07) is 0.786. The highest BCUT2D eigenvalue weighted by Gasteiger charge is 2.40. The van der Waals surface area contributed by atoms with Gasteiger partial charge in [0.25, 0.3) is 0 Å². The molecule has 2 atom stereocenters. The van der Waals surface area contributed by atoms with Gasteiger partial charge < -0.3 is 14.8 Å². The van der Waals surface area contributed by atoms with Crippen LogP contribution in [-0.4, -0.2) is 36.5 Å². The van der Waals surface area contributed by atoms with Crippen LogP contribution in [0.1, 0.15) is 65.2 Å². The van der Waals surface area contributed by atoms with E-state index in [1.807, 2.05) is 0 Å². The first-order valence-corrected chi connectivity index (χ1v) is 8.22. The first-order valence-electron chi connectivity index (χ1n) is 8.22. The maximum atomic E-state index is 6.62. The standard InChI is InChI=1S/C16H29NO2/c1-12-9-15(10-13(2)18-12)19-16(7-3-4-8-16)11-17-14-5-6-14/h12-15,17H,3-11H2,1-2H3. The molecule has 1 aliphatic heterocycles. The predicted molar refractivity (Wildman–Crippen MR) is 76.3 cm³/mol. The van der Waals surface area contributed by atoms with Crippen molar-refractivity contribution in [2.75, 3.05) is 6.54 Å². The summed E-state index contributed by atoms with van der Waals surface area (Å²) < 4.78 is 12.4. The van der Waals surface area contributed by atoms with Crippen LogP contribution in [0.3, 0.4) is 0 Å². The zero-order valence-electron chi connectivity index (χ0n) is 12.5. The molecule has 1 saturated heterocycles. The van der Waals surface area contributed by atoms with E-state index in [0.717, 1.165) is 25.4 Å². The van der Waals surface area contributed by atoms with Gasteiger partial charge in [-0.15, -0.1) is 0 Å². The van der Waals surface area contributed by atoms with Gasteiger partial charge >= 0.3 is 0 Å². The number of rotatable bonds is 5. The monoisotopic (exact) mass is 267 g/mol. The Kier molecular flexibility index (Phi) is 4.16. The van der Waals surface area contributed by atoms with Crippen molar-refractivity contribution in [1.29, 1.82) is 0 Å². The van der Waals surface area contributed by atoms with E-state index in [2.05, 4.69) is 19.2 Å². The van der Waals surface area contributed by atoms with Gasteiger partial charge in [-0.3, -0.25) is 0 Å². The van der Waals surface area contributed by atoms with Crippen molar-refractivity contribution in [3.05, 3.63) is 0 Å². The molecule has 1 N–H and O–H groups in total. The number of ether oxygens (including phenoxy) is 2. The number of hydrogen-bond acceptors (Lipinski definition) is 3. The number of nitrogens with one attached hydrogen (secondary N) is 1. The minimum absolute atomic E-state index is 0.129. The first kappa shape index (κ1) is 13.8. The van der Waals surface area contributed by atoms with Crippen molar-refractivity contribution >= 4 is 0 Å². The molecule has 2 saturated carbocycles. The van der Waals surface area contributed by atoms with Crippen LogP contribution in [0.5, 0.6) is 0 Å². The van der Waals surface area contributed by atoms with E-state index >= 15 is 0 Å². The second-order valence-electron chi connectivity index (χ2n) is 7.01. The first-order chi connectivity index (χ1) is 9.15. The van der Waals surface area contributed by atoms with Crippen LogP contribution in [0.2, 0.25) is 0 Å². The highest BCUT2D eigenvalue weighted by molar-refractivity contribution is 4.93. The maximum absolute atomic E-state index is 6.62. The van der Waals surface area contributed by atoms with Gasteiger partial charge in [0.15, 0.2) is 0 Å². The van der Waals surface area contributed by atoms with Crippen molar-refractivity contribution in [2.24, 2.45) is 0 Å². The average Bonchev–Trinajstić information content (AvgIpc) is 3.06. The molecule has 0 aromatic heterocycles. The highest BCUT2D eigenvalue weighted by atomic mass is 16.5. The fourth-order valence-electron chi connectivity index (χ4n) is 3.77. The molecule has 0 spiro atoms. The van der Waals surface area contributed by atoms with Crippen molar-refractivity contribution < 1.29 is 9.47 Å². The summed E-state index contributed by atoms with van der Waals surface area (Å²) in [6.45, 7) is 5.42. The van der Waals surface area contributed by atoms with E-state index in [1.165, 1.54) is 38.5 Å². The summed E-state index contributed by atoms with van der Waals surface area (Å²) in [7, 11) is 0. The van der Waals surface area contributed by atoms with Gasteiger partial charge in [-0.2, -0.15) is 0 Å². The molecule has 0 aromatic carbocycles. The van der Waals surface area contributed by atoms with Crippen molar-refractivity contribution in [1.82, 2.24) is 5.32 Å². The van der Waals surface area contributed by atoms with E-state index in [9.17, 15) is 0 Å². The molecule has 3 rings (SSSR count). The lowest BCUT2D eigenvalue weighted by molar-refractivity contribution is -0.154. The lowest BCUT2D eigenvalue weighted by Crippen LogP contribution is -2.46. The Bertz CT molecular complexity index is 287. The minimum Gasteiger partial charge on any atom is -0.375 e. The minimum atomic E-state index is 0.129. The van der Waals surface area contributed by atoms with Crippen LogP contribution < -0.4 is 5.32 Å². The number of hydrogen-bond donors (Lipinski definition) is 1. The fourth-order valence-corrected chi connectivity index (χ4v) is 3.77. The zero-order valence-corrected chi connectivity index (χ0v) is 12.5. The summed E-state index contributed by atoms with van der Waals surface area (Å²) in [4.78, 5) is 0. The van der Waals surface area contributed by atoms with Crippen LogP contribution in [0.25, 0.3) is 0 Å². The van der Waals surface area contributed by atoms with Gasteiger partial charge in [-0.25, -0.2) is 0 Å². The van der Waals surface area contributed by atoms with Crippen LogP contribution in [-0.2, 0) is 9.47 Å². The van der Waals surface area contributed by atoms with Crippen LogP contribution in [0, 0.1) is 0 Å². The Morgan fingerprint density at radius 2 is 1.74 bits per heavy atom. The molecule has 3 aliphatic rings. The van der Waals surface area contributed by atoms with Gasteiger partial charge in [0.05, 0.1) is 23.9 Å². The SMILES string of the molecule is CC1CC(OC2(CNC3CC3)CCCC2)CC(C)O1. The van der Waals surface area contributed by atoms with E-state index < -0.39 is 0 Å². The second-order valence-corrected chi connectivity index (χ2v) is 7.01. The third kappa shape index (κ3) is 3.71. The summed E-state index contributed by atoms with van der Waals surface area (Å²) in [5.74, 6) is 0. The molecule has 19 heavy (non-hydrogen) atoms. The van der Waals surface area contributed by atoms with Crippen molar-refractivity contribution in [2.45, 2.75) is 95.2 Å². The molecule has 0 amide bonds. The average molecular weight is 267 g/mol. The smallest absolute Gasteiger partial charge is 0.0810 e. The van der Waals surface area contributed by atoms with E-state index in [0.29, 0.717) is 18.3 Å². The fraction of sp³-hybridized carbons (Fsp3) is 1.00. The second kappa shape index (κ2) is 5.71. The molecule has 0 aromatic rings. The Balaban J connectivity index is 1.56. The Morgan fingerprint density at radius 3 is 2.32 bits per heavy atom. The van der Waals surface area contributed by atoms with Crippen molar-refractivity contribution in [3.63, 3.8) is 0 Å². The molecular weight excluding hydrogens is 238 g/mol. The maximum Gasteiger partial charge on any atom is 0.0810 e. The van der Waals surface area contributed by atoms with Crippen LogP contribution >= 0.6 is 0 Å². The molecule has 1 heterocycles. The molecular formula is C16H29NO2. The largest absolute Gasteiger partial charge is 0.375 e. The molecule has 2 unspecified atom stereocenters. The normalized spacial score (nSPS) is 38.5. The molecule has 0 bridgehead atoms. The van der Waals surface area contributed by atoms with Gasteiger partial charge in [0, 0.05) is 12.6 Å². The summed E-state index contributed by atoms with van der Waals surface area (Å²) in [5, 5.41) is 3.70. The quantitative estimate of drug-likeness (QED) is 0.830. The predicted octanol–water partition coefficient (Wildman–Crippen LogP) is 3.02. The molecule has 2 aliphatic carbocycles. The summed E-state index contributed by atoms with van der Waals surface area (Å²) in [6.07, 6.45) is 11.1. The van der Waals surface area contributed by atoms with Crippen molar-refractivity contribution in [3.8, 4) is 0 Å². The zero-order chi connectivity index (χ0) is 13.3. The van der Waals surface area contributed by atoms with E-state index in [1.54, 1.807) is 0 Å². The van der Waals surface area contributed by atoms with Crippen LogP contribution in [0.15, 0.2) is 0 Å². The van der Waals surface area contributed by atoms with E-state index in [4.69, 9.17) is 9.47 Å². The molecule has 3 fully saturated rings. The summed E-state index contributed by atoms with van der Waals surface area (Å²) in [5.41, 5.74) is 0.129. The molecule has 110 valence electrons. The highest BCUT2D eigenvalue weighted by Crippen LogP contribution is 2.37. The lowest BCUT2D eigenvalue weighted by atomic mass is 9.98. The lowest BCUT2D eigenvalue weighted by Gasteiger charge is -2.39. The van der Waals surface area contributed by atoms with Gasteiger partial charge in [-0.05, 0) is 52.4 Å². The van der Waals surface area contributed by atoms with Gasteiger partial charge in [-0.1, -0.05) is 12.8 Å². The van der Waals surface area contributed by atoms with Crippen LogP contribution in [0.4, 0.5) is 0 Å². The Morgan fingerprint density at radius 1 is 1.11 bits per heavy atom. The Labute approximate surface area is 117 Å². The summed E-state index contributed by atoms with van der Waals surface area (Å²) >= 11 is 0. The molecule has 3 nitrogen and oxygen atoms in total. The molecule has 3 heteroatoms. The molecule has 0 radical (unpaired) electrons.